The molecule has 1 aromatic rings. The zero-order valence-corrected chi connectivity index (χ0v) is 11.3. The molecule has 0 aliphatic heterocycles. The minimum atomic E-state index is 0.140. The van der Waals surface area contributed by atoms with E-state index in [1.807, 2.05) is 11.4 Å². The molecule has 16 heavy (non-hydrogen) atoms. The molecule has 1 aliphatic carbocycles. The molecule has 0 aromatic carbocycles. The van der Waals surface area contributed by atoms with Gasteiger partial charge in [-0.05, 0) is 47.7 Å². The van der Waals surface area contributed by atoms with Gasteiger partial charge < -0.3 is 11.1 Å². The lowest BCUT2D eigenvalue weighted by Gasteiger charge is -2.24. The molecule has 1 fully saturated rings. The van der Waals surface area contributed by atoms with E-state index in [1.165, 1.54) is 11.3 Å². The van der Waals surface area contributed by atoms with Gasteiger partial charge in [-0.3, -0.25) is 4.79 Å². The number of hydrogen-bond acceptors (Lipinski definition) is 3. The van der Waals surface area contributed by atoms with Crippen LogP contribution >= 0.6 is 27.3 Å². The highest BCUT2D eigenvalue weighted by Gasteiger charge is 2.24. The molecule has 1 saturated carbocycles. The van der Waals surface area contributed by atoms with Crippen LogP contribution in [-0.4, -0.2) is 11.9 Å². The highest BCUT2D eigenvalue weighted by molar-refractivity contribution is 9.10. The van der Waals surface area contributed by atoms with Gasteiger partial charge in [0, 0.05) is 21.8 Å². The Morgan fingerprint density at radius 3 is 2.69 bits per heavy atom. The quantitative estimate of drug-likeness (QED) is 0.882. The summed E-state index contributed by atoms with van der Waals surface area (Å²) in [4.78, 5) is 11.9. The van der Waals surface area contributed by atoms with E-state index in [9.17, 15) is 4.79 Å². The van der Waals surface area contributed by atoms with Gasteiger partial charge in [0.1, 0.15) is 0 Å². The third-order valence-corrected chi connectivity index (χ3v) is 4.56. The van der Waals surface area contributed by atoms with Crippen LogP contribution < -0.4 is 11.1 Å². The van der Waals surface area contributed by atoms with Crippen molar-refractivity contribution < 1.29 is 4.79 Å². The number of nitrogens with two attached hydrogens (primary N) is 1. The predicted octanol–water partition coefficient (Wildman–Crippen LogP) is 2.97. The van der Waals surface area contributed by atoms with Gasteiger partial charge in [-0.15, -0.1) is 11.3 Å². The van der Waals surface area contributed by atoms with Crippen LogP contribution in [0.4, 0.5) is 5.00 Å². The molecule has 1 aromatic heterocycles. The predicted molar refractivity (Wildman–Crippen MR) is 70.6 cm³/mol. The highest BCUT2D eigenvalue weighted by Crippen LogP contribution is 2.28. The van der Waals surface area contributed by atoms with Crippen LogP contribution in [0.1, 0.15) is 25.7 Å². The largest absolute Gasteiger partial charge is 0.328 e. The topological polar surface area (TPSA) is 55.1 Å². The van der Waals surface area contributed by atoms with E-state index in [0.29, 0.717) is 6.04 Å². The molecule has 2 rings (SSSR count). The van der Waals surface area contributed by atoms with Crippen LogP contribution in [0.2, 0.25) is 0 Å². The summed E-state index contributed by atoms with van der Waals surface area (Å²) in [6, 6.07) is 2.22. The Hall–Kier alpha value is -0.390. The number of carbonyl (C=O) groups excluding carboxylic acids is 1. The molecule has 1 aliphatic rings. The first-order valence-corrected chi connectivity index (χ1v) is 7.13. The normalized spacial score (nSPS) is 25.4. The molecule has 1 amide bonds. The Morgan fingerprint density at radius 2 is 2.12 bits per heavy atom. The first-order chi connectivity index (χ1) is 7.65. The van der Waals surface area contributed by atoms with Crippen LogP contribution in [0.5, 0.6) is 0 Å². The lowest BCUT2D eigenvalue weighted by atomic mass is 9.86. The van der Waals surface area contributed by atoms with Crippen molar-refractivity contribution in [3.63, 3.8) is 0 Å². The maximum atomic E-state index is 11.9. The Morgan fingerprint density at radius 1 is 1.44 bits per heavy atom. The minimum absolute atomic E-state index is 0.140. The lowest BCUT2D eigenvalue weighted by Crippen LogP contribution is -2.32. The van der Waals surface area contributed by atoms with Gasteiger partial charge in [-0.25, -0.2) is 0 Å². The van der Waals surface area contributed by atoms with E-state index >= 15 is 0 Å². The van der Waals surface area contributed by atoms with Gasteiger partial charge >= 0.3 is 0 Å². The summed E-state index contributed by atoms with van der Waals surface area (Å²) in [6.45, 7) is 0. The zero-order chi connectivity index (χ0) is 11.5. The Kier molecular flexibility index (Phi) is 4.00. The van der Waals surface area contributed by atoms with E-state index in [4.69, 9.17) is 5.73 Å². The highest BCUT2D eigenvalue weighted by atomic mass is 79.9. The number of anilines is 1. The molecular formula is C11H15BrN2OS. The second-order valence-electron chi connectivity index (χ2n) is 4.23. The van der Waals surface area contributed by atoms with Gasteiger partial charge in [0.05, 0.1) is 5.00 Å². The van der Waals surface area contributed by atoms with Crippen molar-refractivity contribution in [3.05, 3.63) is 15.9 Å². The fourth-order valence-electron chi connectivity index (χ4n) is 1.98. The number of carbonyl (C=O) groups is 1. The molecule has 0 radical (unpaired) electrons. The average molecular weight is 303 g/mol. The third kappa shape index (κ3) is 3.06. The molecule has 0 bridgehead atoms. The SMILES string of the molecule is NC1CCC(C(=O)Nc2cc(Br)cs2)CC1. The first kappa shape index (κ1) is 12.1. The molecule has 0 saturated heterocycles. The maximum Gasteiger partial charge on any atom is 0.228 e. The average Bonchev–Trinajstić information content (AvgIpc) is 2.65. The van der Waals surface area contributed by atoms with Crippen LogP contribution in [0, 0.1) is 5.92 Å². The van der Waals surface area contributed by atoms with Crippen molar-refractivity contribution in [1.29, 1.82) is 0 Å². The summed E-state index contributed by atoms with van der Waals surface area (Å²) in [5.41, 5.74) is 5.82. The molecule has 88 valence electrons. The standard InChI is InChI=1S/C11H15BrN2OS/c12-8-5-10(16-6-8)14-11(15)7-1-3-9(13)4-2-7/h5-7,9H,1-4,13H2,(H,14,15). The van der Waals surface area contributed by atoms with Gasteiger partial charge in [0.2, 0.25) is 5.91 Å². The first-order valence-electron chi connectivity index (χ1n) is 5.45. The van der Waals surface area contributed by atoms with Crippen LogP contribution in [-0.2, 0) is 4.79 Å². The van der Waals surface area contributed by atoms with Crippen molar-refractivity contribution >= 4 is 38.2 Å². The Balaban J connectivity index is 1.88. The molecule has 3 nitrogen and oxygen atoms in total. The number of hydrogen-bond donors (Lipinski definition) is 2. The monoisotopic (exact) mass is 302 g/mol. The zero-order valence-electron chi connectivity index (χ0n) is 8.91. The number of amides is 1. The summed E-state index contributed by atoms with van der Waals surface area (Å²) in [7, 11) is 0. The number of nitrogens with one attached hydrogen (secondary N) is 1. The second kappa shape index (κ2) is 5.29. The van der Waals surface area contributed by atoms with Crippen molar-refractivity contribution in [3.8, 4) is 0 Å². The van der Waals surface area contributed by atoms with Crippen LogP contribution in [0.25, 0.3) is 0 Å². The van der Waals surface area contributed by atoms with Crippen LogP contribution in [0.15, 0.2) is 15.9 Å². The van der Waals surface area contributed by atoms with Crippen molar-refractivity contribution in [2.45, 2.75) is 31.7 Å². The maximum absolute atomic E-state index is 11.9. The fraction of sp³-hybridized carbons (Fsp3) is 0.545. The van der Waals surface area contributed by atoms with E-state index in [2.05, 4.69) is 21.2 Å². The number of halogens is 1. The fourth-order valence-corrected chi connectivity index (χ4v) is 3.31. The van der Waals surface area contributed by atoms with E-state index in [0.717, 1.165) is 35.2 Å². The summed E-state index contributed by atoms with van der Waals surface area (Å²) in [5.74, 6) is 0.280. The molecule has 3 N–H and O–H groups in total. The summed E-state index contributed by atoms with van der Waals surface area (Å²) in [5, 5.41) is 5.83. The molecule has 5 heteroatoms. The van der Waals surface area contributed by atoms with Crippen molar-refractivity contribution in [2.75, 3.05) is 5.32 Å². The number of thiophene rings is 1. The van der Waals surface area contributed by atoms with Crippen molar-refractivity contribution in [1.82, 2.24) is 0 Å². The van der Waals surface area contributed by atoms with E-state index < -0.39 is 0 Å². The van der Waals surface area contributed by atoms with E-state index in [1.54, 1.807) is 0 Å². The van der Waals surface area contributed by atoms with Gasteiger partial charge in [0.25, 0.3) is 0 Å². The molecule has 0 spiro atoms. The minimum Gasteiger partial charge on any atom is -0.328 e. The summed E-state index contributed by atoms with van der Waals surface area (Å²) >= 11 is 4.91. The second-order valence-corrected chi connectivity index (χ2v) is 6.06. The number of rotatable bonds is 2. The Bertz CT molecular complexity index is 372. The van der Waals surface area contributed by atoms with Crippen molar-refractivity contribution in [2.24, 2.45) is 11.7 Å². The Labute approximate surface area is 108 Å². The molecule has 0 unspecified atom stereocenters. The summed E-state index contributed by atoms with van der Waals surface area (Å²) < 4.78 is 1.01. The lowest BCUT2D eigenvalue weighted by molar-refractivity contribution is -0.120. The van der Waals surface area contributed by atoms with E-state index in [-0.39, 0.29) is 11.8 Å². The molecule has 0 atom stereocenters. The van der Waals surface area contributed by atoms with Crippen LogP contribution in [0.3, 0.4) is 0 Å². The smallest absolute Gasteiger partial charge is 0.228 e. The van der Waals surface area contributed by atoms with Gasteiger partial charge in [-0.1, -0.05) is 0 Å². The molecular weight excluding hydrogens is 288 g/mol. The van der Waals surface area contributed by atoms with Gasteiger partial charge in [0.15, 0.2) is 0 Å². The van der Waals surface area contributed by atoms with Gasteiger partial charge in [-0.2, -0.15) is 0 Å². The summed E-state index contributed by atoms with van der Waals surface area (Å²) in [6.07, 6.45) is 3.76. The third-order valence-electron chi connectivity index (χ3n) is 2.96. The molecule has 1 heterocycles.